The van der Waals surface area contributed by atoms with Crippen molar-refractivity contribution in [2.45, 2.75) is 23.7 Å². The van der Waals surface area contributed by atoms with Crippen LogP contribution >= 0.6 is 23.4 Å². The van der Waals surface area contributed by atoms with E-state index in [-0.39, 0.29) is 4.75 Å². The Labute approximate surface area is 109 Å². The summed E-state index contributed by atoms with van der Waals surface area (Å²) < 4.78 is 5.65. The first-order valence-electron chi connectivity index (χ1n) is 5.57. The van der Waals surface area contributed by atoms with Gasteiger partial charge in [-0.25, -0.2) is 0 Å². The van der Waals surface area contributed by atoms with Gasteiger partial charge in [0.05, 0.1) is 5.02 Å². The SMILES string of the molecule is CSC1(C(O)c2cc3cccc(Cl)c3o2)CC1. The van der Waals surface area contributed by atoms with Crippen LogP contribution < -0.4 is 0 Å². The van der Waals surface area contributed by atoms with E-state index in [0.29, 0.717) is 16.4 Å². The van der Waals surface area contributed by atoms with Crippen LogP contribution in [0.25, 0.3) is 11.0 Å². The first-order chi connectivity index (χ1) is 8.16. The van der Waals surface area contributed by atoms with Gasteiger partial charge in [0.2, 0.25) is 0 Å². The van der Waals surface area contributed by atoms with Crippen LogP contribution in [-0.2, 0) is 0 Å². The molecular formula is C13H13ClO2S. The maximum Gasteiger partial charge on any atom is 0.152 e. The highest BCUT2D eigenvalue weighted by atomic mass is 35.5. The predicted octanol–water partition coefficient (Wildman–Crippen LogP) is 4.02. The molecular weight excluding hydrogens is 256 g/mol. The molecule has 2 aromatic rings. The molecule has 0 amide bonds. The van der Waals surface area contributed by atoms with E-state index in [1.54, 1.807) is 17.8 Å². The van der Waals surface area contributed by atoms with Crippen molar-refractivity contribution in [2.75, 3.05) is 6.26 Å². The lowest BCUT2D eigenvalue weighted by atomic mass is 10.1. The van der Waals surface area contributed by atoms with Crippen molar-refractivity contribution in [3.8, 4) is 0 Å². The number of fused-ring (bicyclic) bond motifs is 1. The summed E-state index contributed by atoms with van der Waals surface area (Å²) in [6.45, 7) is 0. The van der Waals surface area contributed by atoms with Crippen LogP contribution in [0.5, 0.6) is 0 Å². The summed E-state index contributed by atoms with van der Waals surface area (Å²) >= 11 is 7.77. The molecule has 90 valence electrons. The molecule has 4 heteroatoms. The van der Waals surface area contributed by atoms with Crippen LogP contribution in [0.3, 0.4) is 0 Å². The maximum atomic E-state index is 10.3. The van der Waals surface area contributed by atoms with Crippen LogP contribution in [0, 0.1) is 0 Å². The minimum Gasteiger partial charge on any atom is -0.457 e. The topological polar surface area (TPSA) is 33.4 Å². The molecule has 1 fully saturated rings. The largest absolute Gasteiger partial charge is 0.457 e. The molecule has 0 bridgehead atoms. The molecule has 0 spiro atoms. The van der Waals surface area contributed by atoms with Crippen molar-refractivity contribution in [3.05, 3.63) is 35.0 Å². The third kappa shape index (κ3) is 1.77. The molecule has 2 nitrogen and oxygen atoms in total. The number of para-hydroxylation sites is 1. The molecule has 1 atom stereocenters. The summed E-state index contributed by atoms with van der Waals surface area (Å²) in [5, 5.41) is 11.9. The van der Waals surface area contributed by atoms with Crippen LogP contribution in [0.15, 0.2) is 28.7 Å². The smallest absolute Gasteiger partial charge is 0.152 e. The Morgan fingerprint density at radius 1 is 1.47 bits per heavy atom. The Morgan fingerprint density at radius 3 is 2.82 bits per heavy atom. The lowest BCUT2D eigenvalue weighted by Crippen LogP contribution is -2.15. The average molecular weight is 269 g/mol. The molecule has 0 radical (unpaired) electrons. The van der Waals surface area contributed by atoms with Gasteiger partial charge < -0.3 is 9.52 Å². The number of aliphatic hydroxyl groups is 1. The van der Waals surface area contributed by atoms with E-state index < -0.39 is 6.10 Å². The van der Waals surface area contributed by atoms with E-state index >= 15 is 0 Å². The van der Waals surface area contributed by atoms with Crippen LogP contribution in [0.2, 0.25) is 5.02 Å². The number of furan rings is 1. The second-order valence-corrected chi connectivity index (χ2v) is 6.11. The summed E-state index contributed by atoms with van der Waals surface area (Å²) in [6, 6.07) is 7.52. The molecule has 0 saturated heterocycles. The van der Waals surface area contributed by atoms with E-state index in [1.807, 2.05) is 24.5 Å². The molecule has 3 rings (SSSR count). The molecule has 1 saturated carbocycles. The number of halogens is 1. The van der Waals surface area contributed by atoms with Crippen LogP contribution in [-0.4, -0.2) is 16.1 Å². The van der Waals surface area contributed by atoms with Gasteiger partial charge in [-0.2, -0.15) is 11.8 Å². The van der Waals surface area contributed by atoms with Gasteiger partial charge in [-0.1, -0.05) is 23.7 Å². The van der Waals surface area contributed by atoms with Gasteiger partial charge in [0, 0.05) is 10.1 Å². The molecule has 1 unspecified atom stereocenters. The molecule has 1 N–H and O–H groups in total. The number of benzene rings is 1. The van der Waals surface area contributed by atoms with Crippen LogP contribution in [0.1, 0.15) is 24.7 Å². The van der Waals surface area contributed by atoms with Crippen molar-refractivity contribution in [2.24, 2.45) is 0 Å². The summed E-state index contributed by atoms with van der Waals surface area (Å²) in [6.07, 6.45) is 3.58. The van der Waals surface area contributed by atoms with Gasteiger partial charge in [-0.3, -0.25) is 0 Å². The van der Waals surface area contributed by atoms with Gasteiger partial charge in [-0.15, -0.1) is 0 Å². The Kier molecular flexibility index (Phi) is 2.65. The zero-order chi connectivity index (χ0) is 12.0. The van der Waals surface area contributed by atoms with Gasteiger partial charge in [0.25, 0.3) is 0 Å². The third-order valence-electron chi connectivity index (χ3n) is 3.43. The summed E-state index contributed by atoms with van der Waals surface area (Å²) in [5.74, 6) is 0.625. The van der Waals surface area contributed by atoms with Crippen molar-refractivity contribution in [1.82, 2.24) is 0 Å². The molecule has 1 aliphatic rings. The number of thioether (sulfide) groups is 1. The van der Waals surface area contributed by atoms with E-state index in [9.17, 15) is 5.11 Å². The fraction of sp³-hybridized carbons (Fsp3) is 0.385. The minimum atomic E-state index is -0.541. The zero-order valence-corrected chi connectivity index (χ0v) is 11.0. The van der Waals surface area contributed by atoms with E-state index in [1.165, 1.54) is 0 Å². The van der Waals surface area contributed by atoms with Crippen molar-refractivity contribution < 1.29 is 9.52 Å². The highest BCUT2D eigenvalue weighted by Gasteiger charge is 2.50. The number of hydrogen-bond donors (Lipinski definition) is 1. The van der Waals surface area contributed by atoms with Gasteiger partial charge in [0.1, 0.15) is 11.9 Å². The van der Waals surface area contributed by atoms with Gasteiger partial charge in [-0.05, 0) is 31.2 Å². The Bertz CT molecular complexity index is 560. The first kappa shape index (κ1) is 11.5. The normalized spacial score (nSPS) is 19.5. The molecule has 1 heterocycles. The Hall–Kier alpha value is -0.640. The van der Waals surface area contributed by atoms with Crippen LogP contribution in [0.4, 0.5) is 0 Å². The molecule has 1 aromatic heterocycles. The van der Waals surface area contributed by atoms with E-state index in [4.69, 9.17) is 16.0 Å². The highest BCUT2D eigenvalue weighted by molar-refractivity contribution is 8.00. The second kappa shape index (κ2) is 3.94. The summed E-state index contributed by atoms with van der Waals surface area (Å²) in [4.78, 5) is 0. The maximum absolute atomic E-state index is 10.3. The van der Waals surface area contributed by atoms with E-state index in [0.717, 1.165) is 18.2 Å². The fourth-order valence-electron chi connectivity index (χ4n) is 2.15. The monoisotopic (exact) mass is 268 g/mol. The van der Waals surface area contributed by atoms with E-state index in [2.05, 4.69) is 0 Å². The Morgan fingerprint density at radius 2 is 2.24 bits per heavy atom. The molecule has 1 aromatic carbocycles. The molecule has 1 aliphatic carbocycles. The number of aliphatic hydroxyl groups excluding tert-OH is 1. The van der Waals surface area contributed by atoms with Gasteiger partial charge >= 0.3 is 0 Å². The van der Waals surface area contributed by atoms with Crippen molar-refractivity contribution in [3.63, 3.8) is 0 Å². The molecule has 0 aliphatic heterocycles. The number of hydrogen-bond acceptors (Lipinski definition) is 3. The standard InChI is InChI=1S/C13H13ClO2S/c1-17-13(5-6-13)12(15)10-7-8-3-2-4-9(14)11(8)16-10/h2-4,7,12,15H,5-6H2,1H3. The summed E-state index contributed by atoms with van der Waals surface area (Å²) in [5.41, 5.74) is 0.667. The zero-order valence-electron chi connectivity index (χ0n) is 9.44. The fourth-order valence-corrected chi connectivity index (χ4v) is 3.22. The average Bonchev–Trinajstić information content (AvgIpc) is 3.01. The quantitative estimate of drug-likeness (QED) is 0.913. The van der Waals surface area contributed by atoms with Crippen molar-refractivity contribution >= 4 is 34.3 Å². The van der Waals surface area contributed by atoms with Gasteiger partial charge in [0.15, 0.2) is 5.58 Å². The third-order valence-corrected chi connectivity index (χ3v) is 5.17. The lowest BCUT2D eigenvalue weighted by molar-refractivity contribution is 0.142. The Balaban J connectivity index is 2.04. The minimum absolute atomic E-state index is 0.0413. The summed E-state index contributed by atoms with van der Waals surface area (Å²) in [7, 11) is 0. The molecule has 17 heavy (non-hydrogen) atoms. The second-order valence-electron chi connectivity index (χ2n) is 4.48. The predicted molar refractivity (Wildman–Crippen MR) is 71.7 cm³/mol. The van der Waals surface area contributed by atoms with Crippen molar-refractivity contribution in [1.29, 1.82) is 0 Å². The number of rotatable bonds is 3. The highest BCUT2D eigenvalue weighted by Crippen LogP contribution is 2.56. The lowest BCUT2D eigenvalue weighted by Gasteiger charge is -2.17. The first-order valence-corrected chi connectivity index (χ1v) is 7.18.